The molecule has 12 heteroatoms. The Morgan fingerprint density at radius 2 is 1.94 bits per heavy atom. The molecule has 2 heterocycles. The van der Waals surface area contributed by atoms with E-state index in [9.17, 15) is 28.2 Å². The topological polar surface area (TPSA) is 119 Å². The van der Waals surface area contributed by atoms with Crippen LogP contribution in [0.2, 0.25) is 0 Å². The molecule has 2 aromatic heterocycles. The van der Waals surface area contributed by atoms with Crippen LogP contribution in [0, 0.1) is 6.92 Å². The molecular weight excluding hydrogens is 457 g/mol. The van der Waals surface area contributed by atoms with Gasteiger partial charge >= 0.3 is 12.1 Å². The molecule has 0 radical (unpaired) electrons. The van der Waals surface area contributed by atoms with Gasteiger partial charge in [0.05, 0.1) is 42.4 Å². The second-order valence-electron chi connectivity index (χ2n) is 9.37. The van der Waals surface area contributed by atoms with E-state index in [0.717, 1.165) is 12.4 Å². The number of pyridine rings is 1. The van der Waals surface area contributed by atoms with Crippen molar-refractivity contribution in [2.75, 3.05) is 18.5 Å². The number of anilines is 1. The van der Waals surface area contributed by atoms with Crippen molar-refractivity contribution < 1.29 is 37.7 Å². The maximum Gasteiger partial charge on any atom is 0.422 e. The molecule has 0 saturated heterocycles. The Balaban J connectivity index is 2.04. The fourth-order valence-electron chi connectivity index (χ4n) is 3.78. The number of aliphatic hydroxyl groups is 2. The first-order chi connectivity index (χ1) is 15.7. The monoisotopic (exact) mass is 486 g/mol. The summed E-state index contributed by atoms with van der Waals surface area (Å²) in [5, 5.41) is 26.1. The van der Waals surface area contributed by atoms with Crippen molar-refractivity contribution in [2.24, 2.45) is 0 Å². The predicted molar refractivity (Wildman–Crippen MR) is 116 cm³/mol. The Hall–Kier alpha value is -2.86. The molecule has 2 aromatic rings. The summed E-state index contributed by atoms with van der Waals surface area (Å²) in [4.78, 5) is 16.2. The van der Waals surface area contributed by atoms with Gasteiger partial charge in [-0.25, -0.2) is 9.48 Å². The Labute approximate surface area is 194 Å². The Kier molecular flexibility index (Phi) is 6.87. The minimum atomic E-state index is -4.80. The zero-order valence-corrected chi connectivity index (χ0v) is 19.7. The van der Waals surface area contributed by atoms with Crippen molar-refractivity contribution in [1.82, 2.24) is 14.8 Å². The van der Waals surface area contributed by atoms with Crippen molar-refractivity contribution >= 4 is 11.7 Å². The van der Waals surface area contributed by atoms with E-state index in [-0.39, 0.29) is 42.3 Å². The maximum atomic E-state index is 14.1. The van der Waals surface area contributed by atoms with Crippen LogP contribution >= 0.6 is 0 Å². The second-order valence-corrected chi connectivity index (χ2v) is 9.37. The predicted octanol–water partition coefficient (Wildman–Crippen LogP) is 3.63. The zero-order valence-electron chi connectivity index (χ0n) is 19.7. The number of aromatic nitrogens is 3. The fraction of sp³-hybridized carbons (Fsp3) is 0.591. The first kappa shape index (κ1) is 25.8. The van der Waals surface area contributed by atoms with Crippen LogP contribution in [0.25, 0.3) is 0 Å². The summed E-state index contributed by atoms with van der Waals surface area (Å²) >= 11 is 0. The van der Waals surface area contributed by atoms with Crippen molar-refractivity contribution in [2.45, 2.75) is 70.8 Å². The van der Waals surface area contributed by atoms with Gasteiger partial charge in [0.1, 0.15) is 5.56 Å². The lowest BCUT2D eigenvalue weighted by Gasteiger charge is -2.43. The number of halogens is 3. The number of ether oxygens (including phenoxy) is 2. The molecule has 0 atom stereocenters. The summed E-state index contributed by atoms with van der Waals surface area (Å²) in [6.07, 6.45) is -2.65. The van der Waals surface area contributed by atoms with Gasteiger partial charge in [-0.2, -0.15) is 18.3 Å². The Morgan fingerprint density at radius 1 is 1.29 bits per heavy atom. The third-order valence-electron chi connectivity index (χ3n) is 5.48. The highest BCUT2D eigenvalue weighted by atomic mass is 19.4. The molecule has 1 aliphatic carbocycles. The van der Waals surface area contributed by atoms with Crippen molar-refractivity contribution in [3.63, 3.8) is 0 Å². The third-order valence-corrected chi connectivity index (χ3v) is 5.48. The summed E-state index contributed by atoms with van der Waals surface area (Å²) in [6, 6.07) is -0.479. The second kappa shape index (κ2) is 9.06. The van der Waals surface area contributed by atoms with E-state index in [0.29, 0.717) is 0 Å². The van der Waals surface area contributed by atoms with Gasteiger partial charge in [-0.15, -0.1) is 0 Å². The smallest absolute Gasteiger partial charge is 0.422 e. The summed E-state index contributed by atoms with van der Waals surface area (Å²) in [5.74, 6) is -1.32. The van der Waals surface area contributed by atoms with Gasteiger partial charge in [-0.05, 0) is 47.5 Å². The minimum Gasteiger partial charge on any atom is -0.461 e. The molecule has 0 bridgehead atoms. The molecule has 0 spiro atoms. The largest absolute Gasteiger partial charge is 0.461 e. The number of hydrogen-bond acceptors (Lipinski definition) is 8. The number of hydrogen-bond donors (Lipinski definition) is 3. The van der Waals surface area contributed by atoms with Crippen LogP contribution in [0.4, 0.5) is 18.9 Å². The minimum absolute atomic E-state index is 0.0432. The van der Waals surface area contributed by atoms with Crippen LogP contribution < -0.4 is 10.1 Å². The highest BCUT2D eigenvalue weighted by Crippen LogP contribution is 2.45. The van der Waals surface area contributed by atoms with Crippen LogP contribution in [0.5, 0.6) is 11.6 Å². The van der Waals surface area contributed by atoms with Crippen LogP contribution in [0.1, 0.15) is 62.2 Å². The van der Waals surface area contributed by atoms with Crippen LogP contribution in [-0.2, 0) is 16.5 Å². The first-order valence-electron chi connectivity index (χ1n) is 10.8. The lowest BCUT2D eigenvalue weighted by atomic mass is 9.76. The Morgan fingerprint density at radius 3 is 2.47 bits per heavy atom. The third kappa shape index (κ3) is 5.12. The highest BCUT2D eigenvalue weighted by Gasteiger charge is 2.44. The van der Waals surface area contributed by atoms with Crippen molar-refractivity contribution in [3.8, 4) is 11.6 Å². The molecule has 3 N–H and O–H groups in total. The average molecular weight is 486 g/mol. The summed E-state index contributed by atoms with van der Waals surface area (Å²) in [6.45, 7) is 8.08. The number of esters is 1. The number of alkyl halides is 3. The normalized spacial score (nSPS) is 20.6. The molecule has 0 unspecified atom stereocenters. The molecule has 34 heavy (non-hydrogen) atoms. The summed E-state index contributed by atoms with van der Waals surface area (Å²) < 4.78 is 54.5. The van der Waals surface area contributed by atoms with E-state index in [4.69, 9.17) is 9.47 Å². The first-order valence-corrected chi connectivity index (χ1v) is 10.8. The lowest BCUT2D eigenvalue weighted by Crippen LogP contribution is -2.53. The molecule has 1 aliphatic rings. The van der Waals surface area contributed by atoms with E-state index in [1.807, 2.05) is 0 Å². The number of nitrogens with one attached hydrogen (secondary N) is 1. The number of aliphatic hydroxyl groups excluding tert-OH is 1. The number of nitrogens with zero attached hydrogens (tertiary/aromatic N) is 3. The SMILES string of the molecule is CCOC(=O)c1nn(C(C)(C)C)c(Oc2cncc(NC3CC(O)(CO)C3)c2C(F)(F)F)c1C. The van der Waals surface area contributed by atoms with Crippen molar-refractivity contribution in [1.29, 1.82) is 0 Å². The van der Waals surface area contributed by atoms with E-state index in [1.165, 1.54) is 11.6 Å². The number of carbonyl (C=O) groups excluding carboxylic acids is 1. The number of carbonyl (C=O) groups is 1. The van der Waals surface area contributed by atoms with Crippen LogP contribution in [0.15, 0.2) is 12.4 Å². The highest BCUT2D eigenvalue weighted by molar-refractivity contribution is 5.89. The summed E-state index contributed by atoms with van der Waals surface area (Å²) in [5.41, 5.74) is -3.27. The standard InChI is InChI=1S/C22H29F3N4O5/c1-6-33-19(31)17-12(2)18(29(28-17)20(3,4)5)34-15-10-26-9-14(16(15)22(23,24)25)27-13-7-21(32,8-13)11-30/h9-10,13,27,30,32H,6-8,11H2,1-5H3. The van der Waals surface area contributed by atoms with Gasteiger partial charge in [0.25, 0.3) is 0 Å². The van der Waals surface area contributed by atoms with Crippen molar-refractivity contribution in [3.05, 3.63) is 29.2 Å². The molecular formula is C22H29F3N4O5. The molecule has 9 nitrogen and oxygen atoms in total. The van der Waals surface area contributed by atoms with E-state index in [2.05, 4.69) is 15.4 Å². The van der Waals surface area contributed by atoms with Gasteiger partial charge in [-0.3, -0.25) is 4.98 Å². The molecule has 1 fully saturated rings. The summed E-state index contributed by atoms with van der Waals surface area (Å²) in [7, 11) is 0. The van der Waals surface area contributed by atoms with E-state index in [1.54, 1.807) is 27.7 Å². The lowest BCUT2D eigenvalue weighted by molar-refractivity contribution is -0.138. The molecule has 0 aliphatic heterocycles. The molecule has 1 saturated carbocycles. The molecule has 0 aromatic carbocycles. The molecule has 3 rings (SSSR count). The Bertz CT molecular complexity index is 1060. The molecule has 0 amide bonds. The number of rotatable bonds is 7. The van der Waals surface area contributed by atoms with Crippen LogP contribution in [-0.4, -0.2) is 55.8 Å². The molecule has 188 valence electrons. The van der Waals surface area contributed by atoms with E-state index < -0.39 is 47.2 Å². The average Bonchev–Trinajstić information content (AvgIpc) is 3.03. The zero-order chi connectivity index (χ0) is 25.5. The van der Waals surface area contributed by atoms with Gasteiger partial charge in [-0.1, -0.05) is 0 Å². The van der Waals surface area contributed by atoms with E-state index >= 15 is 0 Å². The van der Waals surface area contributed by atoms with Gasteiger partial charge in [0.15, 0.2) is 11.4 Å². The van der Waals surface area contributed by atoms with Gasteiger partial charge in [0.2, 0.25) is 5.88 Å². The van der Waals surface area contributed by atoms with Crippen LogP contribution in [0.3, 0.4) is 0 Å². The quantitative estimate of drug-likeness (QED) is 0.508. The van der Waals surface area contributed by atoms with Gasteiger partial charge < -0.3 is 25.0 Å². The maximum absolute atomic E-state index is 14.1. The van der Waals surface area contributed by atoms with Gasteiger partial charge in [0, 0.05) is 11.6 Å². The fourth-order valence-corrected chi connectivity index (χ4v) is 3.78.